The van der Waals surface area contributed by atoms with E-state index >= 15 is 0 Å². The minimum Gasteiger partial charge on any atom is -0.390 e. The zero-order valence-corrected chi connectivity index (χ0v) is 14.2. The van der Waals surface area contributed by atoms with E-state index in [0.717, 1.165) is 25.6 Å². The highest BCUT2D eigenvalue weighted by Gasteiger charge is 2.52. The topological polar surface area (TPSA) is 54.0 Å². The van der Waals surface area contributed by atoms with Crippen molar-refractivity contribution in [2.75, 3.05) is 26.2 Å². The zero-order chi connectivity index (χ0) is 15.6. The summed E-state index contributed by atoms with van der Waals surface area (Å²) in [6.45, 7) is 3.75. The van der Waals surface area contributed by atoms with Gasteiger partial charge in [-0.15, -0.1) is 0 Å². The lowest BCUT2D eigenvalue weighted by Gasteiger charge is -2.45. The molecule has 1 aliphatic carbocycles. The first-order valence-electron chi connectivity index (χ1n) is 9.75. The predicted octanol–water partition coefficient (Wildman–Crippen LogP) is 1.50. The number of piperidine rings is 1. The van der Waals surface area contributed by atoms with Crippen LogP contribution in [0.3, 0.4) is 0 Å². The number of hydrogen-bond acceptors (Lipinski definition) is 5. The van der Waals surface area contributed by atoms with E-state index in [0.29, 0.717) is 6.61 Å². The molecule has 23 heavy (non-hydrogen) atoms. The molecular formula is C18H32N2O3. The normalized spacial score (nSPS) is 42.9. The number of nitrogens with one attached hydrogen (secondary N) is 1. The van der Waals surface area contributed by atoms with Crippen LogP contribution < -0.4 is 5.32 Å². The molecule has 1 saturated carbocycles. The first-order valence-corrected chi connectivity index (χ1v) is 9.75. The first-order chi connectivity index (χ1) is 11.3. The highest BCUT2D eigenvalue weighted by atomic mass is 16.7. The van der Waals surface area contributed by atoms with Crippen molar-refractivity contribution in [1.29, 1.82) is 0 Å². The van der Waals surface area contributed by atoms with Crippen LogP contribution in [0.15, 0.2) is 0 Å². The van der Waals surface area contributed by atoms with E-state index in [-0.39, 0.29) is 30.6 Å². The Bertz CT molecular complexity index is 382. The monoisotopic (exact) mass is 324 g/mol. The third-order valence-electron chi connectivity index (χ3n) is 6.31. The first kappa shape index (κ1) is 16.3. The van der Waals surface area contributed by atoms with Crippen LogP contribution in [0.1, 0.15) is 51.4 Å². The van der Waals surface area contributed by atoms with Gasteiger partial charge in [-0.2, -0.15) is 0 Å². The molecule has 3 heterocycles. The summed E-state index contributed by atoms with van der Waals surface area (Å²) in [5.74, 6) is 0.768. The molecule has 132 valence electrons. The van der Waals surface area contributed by atoms with Gasteiger partial charge in [0.1, 0.15) is 6.10 Å². The highest BCUT2D eigenvalue weighted by Crippen LogP contribution is 2.33. The van der Waals surface area contributed by atoms with Gasteiger partial charge in [0.25, 0.3) is 0 Å². The molecule has 5 heteroatoms. The third-order valence-corrected chi connectivity index (χ3v) is 6.31. The van der Waals surface area contributed by atoms with E-state index in [1.165, 1.54) is 51.4 Å². The lowest BCUT2D eigenvalue weighted by Crippen LogP contribution is -2.65. The van der Waals surface area contributed by atoms with Crippen molar-refractivity contribution in [3.63, 3.8) is 0 Å². The minimum absolute atomic E-state index is 0.00194. The Balaban J connectivity index is 1.39. The average molecular weight is 324 g/mol. The standard InChI is InChI=1S/C18H32N2O3/c21-17-15(19-11-13-7-3-1-4-8-13)14-12-22-18(23-14)16(17)20-9-5-2-6-10-20/h13-19,21H,1-12H2. The van der Waals surface area contributed by atoms with Gasteiger partial charge in [0.15, 0.2) is 6.29 Å². The van der Waals surface area contributed by atoms with E-state index in [9.17, 15) is 5.11 Å². The van der Waals surface area contributed by atoms with Crippen LogP contribution in [0.2, 0.25) is 0 Å². The molecule has 3 aliphatic heterocycles. The smallest absolute Gasteiger partial charge is 0.176 e. The summed E-state index contributed by atoms with van der Waals surface area (Å²) in [5.41, 5.74) is 0. The number of likely N-dealkylation sites (tertiary alicyclic amines) is 1. The molecule has 0 spiro atoms. The summed E-state index contributed by atoms with van der Waals surface area (Å²) in [6, 6.07) is 0.0144. The fraction of sp³-hybridized carbons (Fsp3) is 1.00. The summed E-state index contributed by atoms with van der Waals surface area (Å²) >= 11 is 0. The molecule has 2 bridgehead atoms. The van der Waals surface area contributed by atoms with Crippen molar-refractivity contribution in [3.8, 4) is 0 Å². The third kappa shape index (κ3) is 3.45. The predicted molar refractivity (Wildman–Crippen MR) is 88.2 cm³/mol. The summed E-state index contributed by atoms with van der Waals surface area (Å²) in [6.07, 6.45) is 9.91. The number of nitrogens with zero attached hydrogens (tertiary/aromatic N) is 1. The van der Waals surface area contributed by atoms with Gasteiger partial charge in [0.2, 0.25) is 0 Å². The lowest BCUT2D eigenvalue weighted by atomic mass is 9.88. The fourth-order valence-electron chi connectivity index (χ4n) is 4.95. The summed E-state index contributed by atoms with van der Waals surface area (Å²) in [4.78, 5) is 2.40. The Morgan fingerprint density at radius 3 is 2.52 bits per heavy atom. The minimum atomic E-state index is -0.386. The molecule has 0 amide bonds. The number of hydrogen-bond donors (Lipinski definition) is 2. The maximum Gasteiger partial charge on any atom is 0.176 e. The van der Waals surface area contributed by atoms with Crippen molar-refractivity contribution < 1.29 is 14.6 Å². The van der Waals surface area contributed by atoms with Gasteiger partial charge < -0.3 is 19.9 Å². The van der Waals surface area contributed by atoms with Crippen LogP contribution in [0.25, 0.3) is 0 Å². The van der Waals surface area contributed by atoms with Gasteiger partial charge >= 0.3 is 0 Å². The van der Waals surface area contributed by atoms with Crippen molar-refractivity contribution in [1.82, 2.24) is 10.2 Å². The maximum atomic E-state index is 11.0. The molecule has 5 unspecified atom stereocenters. The van der Waals surface area contributed by atoms with Crippen molar-refractivity contribution >= 4 is 0 Å². The Hall–Kier alpha value is -0.200. The Morgan fingerprint density at radius 1 is 1.00 bits per heavy atom. The molecule has 0 radical (unpaired) electrons. The summed E-state index contributed by atoms with van der Waals surface area (Å²) < 4.78 is 12.0. The average Bonchev–Trinajstić information content (AvgIpc) is 3.02. The van der Waals surface area contributed by atoms with Crippen LogP contribution in [-0.2, 0) is 9.47 Å². The molecule has 0 aromatic carbocycles. The molecule has 4 fully saturated rings. The molecule has 5 atom stereocenters. The molecule has 4 aliphatic rings. The van der Waals surface area contributed by atoms with E-state index in [2.05, 4.69) is 10.2 Å². The van der Waals surface area contributed by atoms with Crippen LogP contribution >= 0.6 is 0 Å². The van der Waals surface area contributed by atoms with Gasteiger partial charge in [-0.1, -0.05) is 25.7 Å². The second kappa shape index (κ2) is 7.36. The molecule has 3 saturated heterocycles. The molecule has 0 aromatic heterocycles. The van der Waals surface area contributed by atoms with Crippen molar-refractivity contribution in [2.24, 2.45) is 5.92 Å². The number of ether oxygens (including phenoxy) is 2. The SMILES string of the molecule is OC1C(NCC2CCCCC2)C2COC(O2)C1N1CCCCC1. The van der Waals surface area contributed by atoms with Crippen molar-refractivity contribution in [2.45, 2.75) is 81.9 Å². The van der Waals surface area contributed by atoms with Gasteiger partial charge in [-0.05, 0) is 51.2 Å². The second-order valence-electron chi connectivity index (χ2n) is 7.89. The highest BCUT2D eigenvalue weighted by molar-refractivity contribution is 5.02. The second-order valence-corrected chi connectivity index (χ2v) is 7.89. The molecular weight excluding hydrogens is 292 g/mol. The van der Waals surface area contributed by atoms with Gasteiger partial charge in [0, 0.05) is 0 Å². The lowest BCUT2D eigenvalue weighted by molar-refractivity contribution is -0.184. The van der Waals surface area contributed by atoms with Crippen LogP contribution in [-0.4, -0.2) is 66.8 Å². The largest absolute Gasteiger partial charge is 0.390 e. The quantitative estimate of drug-likeness (QED) is 0.821. The summed E-state index contributed by atoms with van der Waals surface area (Å²) in [5, 5.41) is 14.7. The molecule has 4 rings (SSSR count). The molecule has 5 nitrogen and oxygen atoms in total. The number of aliphatic hydroxyl groups excluding tert-OH is 1. The maximum absolute atomic E-state index is 11.0. The van der Waals surface area contributed by atoms with Crippen LogP contribution in [0.4, 0.5) is 0 Å². The van der Waals surface area contributed by atoms with E-state index in [1.54, 1.807) is 0 Å². The Labute approximate surface area is 139 Å². The van der Waals surface area contributed by atoms with Gasteiger partial charge in [0.05, 0.1) is 24.8 Å². The molecule has 0 aromatic rings. The zero-order valence-electron chi connectivity index (χ0n) is 14.2. The Kier molecular flexibility index (Phi) is 5.21. The number of fused-ring (bicyclic) bond motifs is 2. The van der Waals surface area contributed by atoms with Crippen molar-refractivity contribution in [3.05, 3.63) is 0 Å². The van der Waals surface area contributed by atoms with E-state index in [4.69, 9.17) is 9.47 Å². The number of rotatable bonds is 4. The van der Waals surface area contributed by atoms with E-state index in [1.807, 2.05) is 0 Å². The van der Waals surface area contributed by atoms with Gasteiger partial charge in [-0.25, -0.2) is 0 Å². The number of aliphatic hydroxyl groups is 1. The Morgan fingerprint density at radius 2 is 1.74 bits per heavy atom. The van der Waals surface area contributed by atoms with Crippen LogP contribution in [0.5, 0.6) is 0 Å². The van der Waals surface area contributed by atoms with Gasteiger partial charge in [-0.3, -0.25) is 4.90 Å². The van der Waals surface area contributed by atoms with E-state index < -0.39 is 0 Å². The van der Waals surface area contributed by atoms with Crippen LogP contribution in [0, 0.1) is 5.92 Å². The summed E-state index contributed by atoms with van der Waals surface area (Å²) in [7, 11) is 0. The fourth-order valence-corrected chi connectivity index (χ4v) is 4.95. The molecule has 2 N–H and O–H groups in total.